The van der Waals surface area contributed by atoms with E-state index < -0.39 is 0 Å². The van der Waals surface area contributed by atoms with Gasteiger partial charge in [0.25, 0.3) is 0 Å². The first kappa shape index (κ1) is 14.8. The van der Waals surface area contributed by atoms with Crippen molar-refractivity contribution in [3.8, 4) is 17.0 Å². The second-order valence-electron chi connectivity index (χ2n) is 6.13. The molecule has 4 heteroatoms. The van der Waals surface area contributed by atoms with Gasteiger partial charge in [-0.1, -0.05) is 36.4 Å². The van der Waals surface area contributed by atoms with Gasteiger partial charge < -0.3 is 10.1 Å². The lowest BCUT2D eigenvalue weighted by Crippen LogP contribution is -2.26. The number of nitrogens with one attached hydrogen (secondary N) is 1. The predicted octanol–water partition coefficient (Wildman–Crippen LogP) is 4.54. The van der Waals surface area contributed by atoms with Gasteiger partial charge in [0.1, 0.15) is 5.75 Å². The molecule has 3 aromatic rings. The van der Waals surface area contributed by atoms with Crippen molar-refractivity contribution in [3.05, 3.63) is 65.4 Å². The second kappa shape index (κ2) is 5.71. The maximum Gasteiger partial charge on any atom is 0.150 e. The van der Waals surface area contributed by atoms with Gasteiger partial charge in [-0.2, -0.15) is 5.10 Å². The number of hydrogen-bond acceptors (Lipinski definition) is 3. The number of aromatic nitrogens is 2. The third-order valence-corrected chi connectivity index (χ3v) is 4.45. The van der Waals surface area contributed by atoms with Crippen LogP contribution in [0.25, 0.3) is 11.3 Å². The molecule has 0 amide bonds. The molecule has 122 valence electrons. The number of ether oxygens (including phenoxy) is 1. The molecule has 2 aromatic carbocycles. The Morgan fingerprint density at radius 2 is 1.96 bits per heavy atom. The summed E-state index contributed by atoms with van der Waals surface area (Å²) in [6.07, 6.45) is -0.0787. The van der Waals surface area contributed by atoms with Crippen molar-refractivity contribution in [2.24, 2.45) is 0 Å². The Morgan fingerprint density at radius 3 is 2.79 bits per heavy atom. The minimum absolute atomic E-state index is 0.0787. The van der Waals surface area contributed by atoms with Crippen molar-refractivity contribution < 1.29 is 4.74 Å². The van der Waals surface area contributed by atoms with Gasteiger partial charge in [0.2, 0.25) is 0 Å². The molecule has 4 rings (SSSR count). The highest BCUT2D eigenvalue weighted by atomic mass is 16.5. The Balaban J connectivity index is 1.91. The van der Waals surface area contributed by atoms with E-state index in [0.717, 1.165) is 22.7 Å². The number of aryl methyl sites for hydroxylation is 2. The van der Waals surface area contributed by atoms with E-state index >= 15 is 0 Å². The lowest BCUT2D eigenvalue weighted by atomic mass is 10.0. The number of nitrogens with zero attached hydrogens (tertiary/aromatic N) is 2. The monoisotopic (exact) mass is 319 g/mol. The van der Waals surface area contributed by atoms with Crippen LogP contribution in [0.1, 0.15) is 29.9 Å². The minimum atomic E-state index is -0.0787. The Bertz CT molecular complexity index is 898. The van der Waals surface area contributed by atoms with E-state index in [1.165, 1.54) is 16.8 Å². The van der Waals surface area contributed by atoms with Gasteiger partial charge in [-0.3, -0.25) is 0 Å². The van der Waals surface area contributed by atoms with Gasteiger partial charge in [0, 0.05) is 16.8 Å². The third-order valence-electron chi connectivity index (χ3n) is 4.45. The third kappa shape index (κ3) is 2.26. The molecule has 0 saturated carbocycles. The average molecular weight is 319 g/mol. The average Bonchev–Trinajstić information content (AvgIpc) is 2.97. The summed E-state index contributed by atoms with van der Waals surface area (Å²) in [6.45, 7) is 6.82. The van der Waals surface area contributed by atoms with Crippen LogP contribution < -0.4 is 10.1 Å². The van der Waals surface area contributed by atoms with Crippen LogP contribution in [0, 0.1) is 13.8 Å². The Kier molecular flexibility index (Phi) is 3.53. The van der Waals surface area contributed by atoms with E-state index in [0.29, 0.717) is 6.61 Å². The fourth-order valence-corrected chi connectivity index (χ4v) is 3.39. The molecular weight excluding hydrogens is 298 g/mol. The molecule has 0 saturated heterocycles. The molecule has 0 bridgehead atoms. The Labute approximate surface area is 142 Å². The van der Waals surface area contributed by atoms with Gasteiger partial charge in [0.15, 0.2) is 6.17 Å². The van der Waals surface area contributed by atoms with E-state index in [1.54, 1.807) is 0 Å². The molecule has 2 heterocycles. The molecule has 0 spiro atoms. The number of hydrogen-bond donors (Lipinski definition) is 1. The maximum absolute atomic E-state index is 5.85. The summed E-state index contributed by atoms with van der Waals surface area (Å²) in [7, 11) is 0. The van der Waals surface area contributed by atoms with Crippen LogP contribution in [-0.2, 0) is 0 Å². The zero-order valence-corrected chi connectivity index (χ0v) is 14.2. The fraction of sp³-hybridized carbons (Fsp3) is 0.250. The largest absolute Gasteiger partial charge is 0.493 e. The molecule has 0 fully saturated rings. The van der Waals surface area contributed by atoms with Crippen LogP contribution in [0.5, 0.6) is 5.75 Å². The highest BCUT2D eigenvalue weighted by Gasteiger charge is 2.28. The Morgan fingerprint density at radius 1 is 1.12 bits per heavy atom. The summed E-state index contributed by atoms with van der Waals surface area (Å²) in [5.74, 6) is 0.897. The van der Waals surface area contributed by atoms with Crippen LogP contribution >= 0.6 is 0 Å². The summed E-state index contributed by atoms with van der Waals surface area (Å²) < 4.78 is 7.91. The molecule has 1 aliphatic rings. The molecule has 1 atom stereocenters. The first-order valence-electron chi connectivity index (χ1n) is 8.33. The second-order valence-corrected chi connectivity index (χ2v) is 6.13. The highest BCUT2D eigenvalue weighted by molar-refractivity contribution is 5.81. The number of anilines is 1. The molecule has 4 nitrogen and oxygen atoms in total. The SMILES string of the molecule is CCOc1ccccc1[C@H]1Nc2c(C)cccc2-c2cc(C)nn21. The maximum atomic E-state index is 5.85. The van der Waals surface area contributed by atoms with Gasteiger partial charge in [0.05, 0.1) is 18.0 Å². The predicted molar refractivity (Wildman–Crippen MR) is 96.5 cm³/mol. The summed E-state index contributed by atoms with van der Waals surface area (Å²) in [6, 6.07) is 16.7. The van der Waals surface area contributed by atoms with Crippen LogP contribution in [0.3, 0.4) is 0 Å². The van der Waals surface area contributed by atoms with Gasteiger partial charge in [-0.15, -0.1) is 0 Å². The molecule has 0 aliphatic carbocycles. The van der Waals surface area contributed by atoms with Crippen molar-refractivity contribution >= 4 is 5.69 Å². The molecular formula is C20H21N3O. The van der Waals surface area contributed by atoms with Crippen molar-refractivity contribution in [2.45, 2.75) is 26.9 Å². The van der Waals surface area contributed by atoms with Crippen molar-refractivity contribution in [2.75, 3.05) is 11.9 Å². The lowest BCUT2D eigenvalue weighted by Gasteiger charge is -2.31. The summed E-state index contributed by atoms with van der Waals surface area (Å²) in [5.41, 5.74) is 6.84. The van der Waals surface area contributed by atoms with Crippen LogP contribution in [0.15, 0.2) is 48.5 Å². The quantitative estimate of drug-likeness (QED) is 0.770. The zero-order chi connectivity index (χ0) is 16.7. The van der Waals surface area contributed by atoms with E-state index in [2.05, 4.69) is 47.3 Å². The van der Waals surface area contributed by atoms with Crippen molar-refractivity contribution in [1.82, 2.24) is 9.78 Å². The zero-order valence-electron chi connectivity index (χ0n) is 14.2. The fourth-order valence-electron chi connectivity index (χ4n) is 3.39. The van der Waals surface area contributed by atoms with Gasteiger partial charge >= 0.3 is 0 Å². The highest BCUT2D eigenvalue weighted by Crippen LogP contribution is 2.41. The molecule has 1 aliphatic heterocycles. The topological polar surface area (TPSA) is 39.1 Å². The van der Waals surface area contributed by atoms with Crippen molar-refractivity contribution in [3.63, 3.8) is 0 Å². The van der Waals surface area contributed by atoms with Crippen LogP contribution in [0.4, 0.5) is 5.69 Å². The summed E-state index contributed by atoms with van der Waals surface area (Å²) >= 11 is 0. The molecule has 1 N–H and O–H groups in total. The molecule has 1 aromatic heterocycles. The summed E-state index contributed by atoms with van der Waals surface area (Å²) in [4.78, 5) is 0. The number of benzene rings is 2. The number of para-hydroxylation sites is 2. The smallest absolute Gasteiger partial charge is 0.150 e. The molecule has 0 radical (unpaired) electrons. The first-order valence-corrected chi connectivity index (χ1v) is 8.33. The van der Waals surface area contributed by atoms with E-state index in [1.807, 2.05) is 32.0 Å². The van der Waals surface area contributed by atoms with Crippen LogP contribution in [-0.4, -0.2) is 16.4 Å². The Hall–Kier alpha value is -2.75. The van der Waals surface area contributed by atoms with E-state index in [-0.39, 0.29) is 6.17 Å². The van der Waals surface area contributed by atoms with Crippen molar-refractivity contribution in [1.29, 1.82) is 0 Å². The van der Waals surface area contributed by atoms with Crippen LogP contribution in [0.2, 0.25) is 0 Å². The number of fused-ring (bicyclic) bond motifs is 3. The standard InChI is InChI=1S/C20H21N3O/c1-4-24-18-11-6-5-9-16(18)20-21-19-13(2)8-7-10-15(19)17-12-14(3)22-23(17)20/h5-12,20-21H,4H2,1-3H3/t20-/m0/s1. The number of rotatable bonds is 3. The summed E-state index contributed by atoms with van der Waals surface area (Å²) in [5, 5.41) is 8.41. The first-order chi connectivity index (χ1) is 11.7. The van der Waals surface area contributed by atoms with E-state index in [9.17, 15) is 0 Å². The normalized spacial score (nSPS) is 15.4. The molecule has 24 heavy (non-hydrogen) atoms. The van der Waals surface area contributed by atoms with Gasteiger partial charge in [-0.25, -0.2) is 4.68 Å². The lowest BCUT2D eigenvalue weighted by molar-refractivity contribution is 0.332. The molecule has 0 unspecified atom stereocenters. The van der Waals surface area contributed by atoms with Gasteiger partial charge in [-0.05, 0) is 38.5 Å². The van der Waals surface area contributed by atoms with E-state index in [4.69, 9.17) is 9.84 Å². The minimum Gasteiger partial charge on any atom is -0.493 e.